The van der Waals surface area contributed by atoms with Crippen molar-refractivity contribution in [3.8, 4) is 0 Å². The number of hydrogen-bond donors (Lipinski definition) is 1. The highest BCUT2D eigenvalue weighted by Gasteiger charge is 2.38. The first kappa shape index (κ1) is 14.1. The minimum Gasteiger partial charge on any atom is -0.388 e. The van der Waals surface area contributed by atoms with E-state index in [9.17, 15) is 9.90 Å². The number of nitrogens with zero attached hydrogens (tertiary/aromatic N) is 1. The van der Waals surface area contributed by atoms with Gasteiger partial charge >= 0.3 is 0 Å². The maximum atomic E-state index is 12.7. The molecule has 1 unspecified atom stereocenters. The summed E-state index contributed by atoms with van der Waals surface area (Å²) in [5.41, 5.74) is 2.08. The fourth-order valence-corrected chi connectivity index (χ4v) is 2.95. The van der Waals surface area contributed by atoms with Gasteiger partial charge < -0.3 is 10.0 Å². The highest BCUT2D eigenvalue weighted by Crippen LogP contribution is 2.28. The van der Waals surface area contributed by atoms with E-state index in [1.807, 2.05) is 36.9 Å². The third-order valence-electron chi connectivity index (χ3n) is 3.94. The number of likely N-dealkylation sites (tertiary alicyclic amines) is 1. The molecule has 3 heteroatoms. The lowest BCUT2D eigenvalue weighted by Crippen LogP contribution is -2.48. The SMILES string of the molecule is Cc1ccc(C(=O)N2CCCC2C(C)(C)O)c(C)c1. The second-order valence-electron chi connectivity index (χ2n) is 6.13. The van der Waals surface area contributed by atoms with Crippen molar-refractivity contribution in [2.75, 3.05) is 6.54 Å². The Morgan fingerprint density at radius 1 is 1.37 bits per heavy atom. The van der Waals surface area contributed by atoms with Crippen LogP contribution in [0.2, 0.25) is 0 Å². The van der Waals surface area contributed by atoms with Crippen molar-refractivity contribution in [3.63, 3.8) is 0 Å². The summed E-state index contributed by atoms with van der Waals surface area (Å²) >= 11 is 0. The Balaban J connectivity index is 2.28. The van der Waals surface area contributed by atoms with Gasteiger partial charge in [0.15, 0.2) is 0 Å². The van der Waals surface area contributed by atoms with Crippen LogP contribution in [-0.4, -0.2) is 34.1 Å². The topological polar surface area (TPSA) is 40.5 Å². The minimum atomic E-state index is -0.842. The van der Waals surface area contributed by atoms with Crippen LogP contribution in [0, 0.1) is 13.8 Å². The van der Waals surface area contributed by atoms with Crippen LogP contribution in [0.15, 0.2) is 18.2 Å². The lowest BCUT2D eigenvalue weighted by Gasteiger charge is -2.34. The zero-order chi connectivity index (χ0) is 14.2. The molecule has 2 rings (SSSR count). The summed E-state index contributed by atoms with van der Waals surface area (Å²) in [5, 5.41) is 10.2. The van der Waals surface area contributed by atoms with Crippen LogP contribution in [0.1, 0.15) is 48.2 Å². The number of amides is 1. The van der Waals surface area contributed by atoms with Crippen LogP contribution < -0.4 is 0 Å². The molecule has 1 amide bonds. The van der Waals surface area contributed by atoms with E-state index >= 15 is 0 Å². The fourth-order valence-electron chi connectivity index (χ4n) is 2.95. The van der Waals surface area contributed by atoms with E-state index in [1.165, 1.54) is 0 Å². The molecule has 1 N–H and O–H groups in total. The molecule has 0 aromatic heterocycles. The Morgan fingerprint density at radius 2 is 2.05 bits per heavy atom. The molecule has 1 aliphatic rings. The lowest BCUT2D eigenvalue weighted by atomic mass is 9.95. The number of rotatable bonds is 2. The Morgan fingerprint density at radius 3 is 2.63 bits per heavy atom. The molecule has 1 atom stereocenters. The van der Waals surface area contributed by atoms with Gasteiger partial charge in [0.2, 0.25) is 0 Å². The van der Waals surface area contributed by atoms with Gasteiger partial charge in [-0.3, -0.25) is 4.79 Å². The van der Waals surface area contributed by atoms with Gasteiger partial charge in [-0.1, -0.05) is 17.7 Å². The van der Waals surface area contributed by atoms with Gasteiger partial charge in [0, 0.05) is 12.1 Å². The first-order chi connectivity index (χ1) is 8.80. The fraction of sp³-hybridized carbons (Fsp3) is 0.562. The lowest BCUT2D eigenvalue weighted by molar-refractivity contribution is 0.000303. The van der Waals surface area contributed by atoms with Crippen LogP contribution in [-0.2, 0) is 0 Å². The molecule has 1 fully saturated rings. The predicted octanol–water partition coefficient (Wildman–Crippen LogP) is 2.68. The molecule has 1 saturated heterocycles. The quantitative estimate of drug-likeness (QED) is 0.889. The Kier molecular flexibility index (Phi) is 3.68. The number of carbonyl (C=O) groups excluding carboxylic acids is 1. The Bertz CT molecular complexity index is 488. The van der Waals surface area contributed by atoms with E-state index in [-0.39, 0.29) is 11.9 Å². The molecule has 1 aromatic rings. The third-order valence-corrected chi connectivity index (χ3v) is 3.94. The highest BCUT2D eigenvalue weighted by molar-refractivity contribution is 5.96. The van der Waals surface area contributed by atoms with Crippen molar-refractivity contribution in [3.05, 3.63) is 34.9 Å². The minimum absolute atomic E-state index is 0.0436. The number of aryl methyl sites for hydroxylation is 2. The molecular weight excluding hydrogens is 238 g/mol. The molecule has 1 heterocycles. The number of carbonyl (C=O) groups is 1. The number of benzene rings is 1. The first-order valence-corrected chi connectivity index (χ1v) is 6.91. The van der Waals surface area contributed by atoms with Crippen molar-refractivity contribution in [2.45, 2.75) is 52.2 Å². The van der Waals surface area contributed by atoms with Crippen LogP contribution in [0.3, 0.4) is 0 Å². The number of aliphatic hydroxyl groups is 1. The third kappa shape index (κ3) is 2.81. The van der Waals surface area contributed by atoms with Crippen molar-refractivity contribution < 1.29 is 9.90 Å². The largest absolute Gasteiger partial charge is 0.388 e. The molecule has 0 bridgehead atoms. The van der Waals surface area contributed by atoms with E-state index in [1.54, 1.807) is 13.8 Å². The summed E-state index contributed by atoms with van der Waals surface area (Å²) in [6.45, 7) is 8.30. The average molecular weight is 261 g/mol. The van der Waals surface area contributed by atoms with Crippen molar-refractivity contribution >= 4 is 5.91 Å². The number of hydrogen-bond acceptors (Lipinski definition) is 2. The van der Waals surface area contributed by atoms with Crippen LogP contribution >= 0.6 is 0 Å². The highest BCUT2D eigenvalue weighted by atomic mass is 16.3. The molecule has 1 aliphatic heterocycles. The second kappa shape index (κ2) is 4.97. The standard InChI is InChI=1S/C16H23NO2/c1-11-7-8-13(12(2)10-11)15(18)17-9-5-6-14(17)16(3,4)19/h7-8,10,14,19H,5-6,9H2,1-4H3. The van der Waals surface area contributed by atoms with Crippen LogP contribution in [0.4, 0.5) is 0 Å². The molecular formula is C16H23NO2. The van der Waals surface area contributed by atoms with E-state index in [0.29, 0.717) is 0 Å². The predicted molar refractivity (Wildman–Crippen MR) is 76.3 cm³/mol. The summed E-state index contributed by atoms with van der Waals surface area (Å²) in [4.78, 5) is 14.5. The van der Waals surface area contributed by atoms with Gasteiger partial charge in [-0.25, -0.2) is 0 Å². The Hall–Kier alpha value is -1.35. The maximum absolute atomic E-state index is 12.7. The maximum Gasteiger partial charge on any atom is 0.254 e. The van der Waals surface area contributed by atoms with Crippen molar-refractivity contribution in [1.29, 1.82) is 0 Å². The van der Waals surface area contributed by atoms with E-state index in [2.05, 4.69) is 0 Å². The van der Waals surface area contributed by atoms with Gasteiger partial charge in [-0.15, -0.1) is 0 Å². The molecule has 0 spiro atoms. The van der Waals surface area contributed by atoms with Gasteiger partial charge in [0.05, 0.1) is 11.6 Å². The second-order valence-corrected chi connectivity index (χ2v) is 6.13. The monoisotopic (exact) mass is 261 g/mol. The van der Waals surface area contributed by atoms with Crippen molar-refractivity contribution in [1.82, 2.24) is 4.90 Å². The normalized spacial score (nSPS) is 19.8. The van der Waals surface area contributed by atoms with E-state index < -0.39 is 5.60 Å². The molecule has 104 valence electrons. The zero-order valence-electron chi connectivity index (χ0n) is 12.2. The van der Waals surface area contributed by atoms with Crippen molar-refractivity contribution in [2.24, 2.45) is 0 Å². The summed E-state index contributed by atoms with van der Waals surface area (Å²) < 4.78 is 0. The van der Waals surface area contributed by atoms with Gasteiger partial charge in [-0.05, 0) is 52.2 Å². The molecule has 1 aromatic carbocycles. The van der Waals surface area contributed by atoms with Gasteiger partial charge in [0.25, 0.3) is 5.91 Å². The summed E-state index contributed by atoms with van der Waals surface area (Å²) in [7, 11) is 0. The van der Waals surface area contributed by atoms with Crippen LogP contribution in [0.25, 0.3) is 0 Å². The summed E-state index contributed by atoms with van der Waals surface area (Å²) in [5.74, 6) is 0.0436. The van der Waals surface area contributed by atoms with Gasteiger partial charge in [0.1, 0.15) is 0 Å². The van der Waals surface area contributed by atoms with E-state index in [4.69, 9.17) is 0 Å². The molecule has 3 nitrogen and oxygen atoms in total. The molecule has 0 aliphatic carbocycles. The molecule has 0 saturated carbocycles. The zero-order valence-corrected chi connectivity index (χ0v) is 12.2. The molecule has 19 heavy (non-hydrogen) atoms. The Labute approximate surface area is 115 Å². The summed E-state index contributed by atoms with van der Waals surface area (Å²) in [6, 6.07) is 5.81. The average Bonchev–Trinajstić information content (AvgIpc) is 2.76. The smallest absolute Gasteiger partial charge is 0.254 e. The van der Waals surface area contributed by atoms with Gasteiger partial charge in [-0.2, -0.15) is 0 Å². The van der Waals surface area contributed by atoms with Crippen LogP contribution in [0.5, 0.6) is 0 Å². The molecule has 0 radical (unpaired) electrons. The first-order valence-electron chi connectivity index (χ1n) is 6.91. The van der Waals surface area contributed by atoms with E-state index in [0.717, 1.165) is 36.1 Å². The summed E-state index contributed by atoms with van der Waals surface area (Å²) in [6.07, 6.45) is 1.84.